The number of hydrogen-bond acceptors (Lipinski definition) is 7. The Morgan fingerprint density at radius 2 is 1.14 bits per heavy atom. The number of ether oxygens (including phenoxy) is 6. The van der Waals surface area contributed by atoms with Crippen LogP contribution < -0.4 is 14.2 Å². The van der Waals surface area contributed by atoms with E-state index in [1.165, 1.54) is 0 Å². The van der Waals surface area contributed by atoms with E-state index in [0.717, 1.165) is 28.0 Å². The van der Waals surface area contributed by atoms with Gasteiger partial charge in [-0.1, -0.05) is 49.0 Å². The van der Waals surface area contributed by atoms with Crippen LogP contribution in [0.1, 0.15) is 6.92 Å². The Balaban J connectivity index is 1.35. The van der Waals surface area contributed by atoms with E-state index >= 15 is 0 Å². The van der Waals surface area contributed by atoms with E-state index in [0.29, 0.717) is 51.8 Å². The van der Waals surface area contributed by atoms with Crippen LogP contribution in [-0.2, 0) is 19.0 Å². The molecule has 35 heavy (non-hydrogen) atoms. The van der Waals surface area contributed by atoms with Gasteiger partial charge in [-0.15, -0.1) is 0 Å². The second-order valence-corrected chi connectivity index (χ2v) is 7.61. The Labute approximate surface area is 206 Å². The first-order chi connectivity index (χ1) is 17.1. The van der Waals surface area contributed by atoms with Crippen molar-refractivity contribution < 1.29 is 33.2 Å². The Kier molecular flexibility index (Phi) is 10.9. The summed E-state index contributed by atoms with van der Waals surface area (Å²) in [6, 6.07) is 21.5. The minimum absolute atomic E-state index is 0.196. The summed E-state index contributed by atoms with van der Waals surface area (Å²) in [7, 11) is 0. The zero-order chi connectivity index (χ0) is 24.7. The average Bonchev–Trinajstić information content (AvgIpc) is 2.88. The van der Waals surface area contributed by atoms with Crippen molar-refractivity contribution in [2.24, 2.45) is 0 Å². The molecule has 3 aromatic rings. The van der Waals surface area contributed by atoms with E-state index in [1.807, 2.05) is 66.7 Å². The third kappa shape index (κ3) is 8.96. The summed E-state index contributed by atoms with van der Waals surface area (Å²) in [5.41, 5.74) is 0.372. The third-order valence-electron chi connectivity index (χ3n) is 4.86. The number of benzene rings is 3. The highest BCUT2D eigenvalue weighted by atomic mass is 16.6. The lowest BCUT2D eigenvalue weighted by atomic mass is 10.1. The third-order valence-corrected chi connectivity index (χ3v) is 4.86. The highest BCUT2D eigenvalue weighted by Gasteiger charge is 2.07. The summed E-state index contributed by atoms with van der Waals surface area (Å²) in [4.78, 5) is 11.2. The van der Waals surface area contributed by atoms with Crippen molar-refractivity contribution in [2.45, 2.75) is 6.92 Å². The molecular weight excluding hydrogens is 448 g/mol. The standard InChI is InChI=1S/C28H32O7/c1-22(2)28(29)35-19-17-31-15-14-30-16-18-33-26-12-6-11-25-24(26)10-7-13-27(25)34-21-20-32-23-8-4-3-5-9-23/h3-13H,1,14-21H2,2H3. The molecule has 0 bridgehead atoms. The van der Waals surface area contributed by atoms with Gasteiger partial charge in [-0.05, 0) is 31.2 Å². The number of carbonyl (C=O) groups excluding carboxylic acids is 1. The van der Waals surface area contributed by atoms with E-state index in [4.69, 9.17) is 28.4 Å². The number of para-hydroxylation sites is 1. The van der Waals surface area contributed by atoms with Crippen molar-refractivity contribution in [3.63, 3.8) is 0 Å². The molecule has 0 amide bonds. The van der Waals surface area contributed by atoms with Crippen LogP contribution in [0.15, 0.2) is 78.9 Å². The maximum atomic E-state index is 11.2. The van der Waals surface area contributed by atoms with E-state index in [2.05, 4.69) is 6.58 Å². The highest BCUT2D eigenvalue weighted by Crippen LogP contribution is 2.32. The lowest BCUT2D eigenvalue weighted by Crippen LogP contribution is -2.14. The van der Waals surface area contributed by atoms with E-state index < -0.39 is 5.97 Å². The molecule has 0 aliphatic heterocycles. The first-order valence-electron chi connectivity index (χ1n) is 11.6. The maximum Gasteiger partial charge on any atom is 0.333 e. The number of esters is 1. The second kappa shape index (κ2) is 14.7. The maximum absolute atomic E-state index is 11.2. The molecule has 186 valence electrons. The van der Waals surface area contributed by atoms with Crippen molar-refractivity contribution in [3.05, 3.63) is 78.9 Å². The fraction of sp³-hybridized carbons (Fsp3) is 0.321. The minimum Gasteiger partial charge on any atom is -0.491 e. The normalized spacial score (nSPS) is 10.7. The topological polar surface area (TPSA) is 72.5 Å². The molecule has 0 aliphatic rings. The zero-order valence-electron chi connectivity index (χ0n) is 20.1. The van der Waals surface area contributed by atoms with Gasteiger partial charge in [0.25, 0.3) is 0 Å². The predicted molar refractivity (Wildman–Crippen MR) is 134 cm³/mol. The molecule has 0 N–H and O–H groups in total. The van der Waals surface area contributed by atoms with Crippen LogP contribution in [0.25, 0.3) is 10.8 Å². The van der Waals surface area contributed by atoms with Crippen LogP contribution in [0.5, 0.6) is 17.2 Å². The second-order valence-electron chi connectivity index (χ2n) is 7.61. The average molecular weight is 481 g/mol. The fourth-order valence-corrected chi connectivity index (χ4v) is 3.18. The molecule has 0 aliphatic carbocycles. The molecule has 0 heterocycles. The van der Waals surface area contributed by atoms with Gasteiger partial charge in [0, 0.05) is 16.3 Å². The van der Waals surface area contributed by atoms with Crippen molar-refractivity contribution in [2.75, 3.05) is 52.9 Å². The summed E-state index contributed by atoms with van der Waals surface area (Å²) >= 11 is 0. The quantitative estimate of drug-likeness (QED) is 0.165. The first kappa shape index (κ1) is 26.1. The van der Waals surface area contributed by atoms with Crippen LogP contribution in [-0.4, -0.2) is 58.8 Å². The molecule has 0 saturated carbocycles. The Morgan fingerprint density at radius 3 is 1.74 bits per heavy atom. The molecule has 3 rings (SSSR count). The highest BCUT2D eigenvalue weighted by molar-refractivity contribution is 5.93. The van der Waals surface area contributed by atoms with E-state index in [9.17, 15) is 4.79 Å². The van der Waals surface area contributed by atoms with Gasteiger partial charge in [0.2, 0.25) is 0 Å². The summed E-state index contributed by atoms with van der Waals surface area (Å²) in [6.45, 7) is 8.20. The van der Waals surface area contributed by atoms with Gasteiger partial charge in [-0.25, -0.2) is 4.79 Å². The molecular formula is C28H32O7. The van der Waals surface area contributed by atoms with Gasteiger partial charge in [0.1, 0.15) is 43.7 Å². The van der Waals surface area contributed by atoms with Crippen LogP contribution in [0.2, 0.25) is 0 Å². The molecule has 0 atom stereocenters. The minimum atomic E-state index is -0.411. The van der Waals surface area contributed by atoms with Crippen LogP contribution in [0, 0.1) is 0 Å². The first-order valence-corrected chi connectivity index (χ1v) is 11.6. The SMILES string of the molecule is C=C(C)C(=O)OCCOCCOCCOc1cccc2c(OCCOc3ccccc3)cccc12. The van der Waals surface area contributed by atoms with Crippen LogP contribution >= 0.6 is 0 Å². The molecule has 0 saturated heterocycles. The van der Waals surface area contributed by atoms with Gasteiger partial charge in [0.15, 0.2) is 0 Å². The van der Waals surface area contributed by atoms with Gasteiger partial charge < -0.3 is 28.4 Å². The van der Waals surface area contributed by atoms with E-state index in [-0.39, 0.29) is 6.61 Å². The largest absolute Gasteiger partial charge is 0.491 e. The van der Waals surface area contributed by atoms with Crippen molar-refractivity contribution in [1.82, 2.24) is 0 Å². The smallest absolute Gasteiger partial charge is 0.333 e. The molecule has 0 aromatic heterocycles. The molecule has 0 fully saturated rings. The predicted octanol–water partition coefficient (Wildman–Crippen LogP) is 4.83. The Morgan fingerprint density at radius 1 is 0.629 bits per heavy atom. The van der Waals surface area contributed by atoms with Gasteiger partial charge in [-0.3, -0.25) is 0 Å². The van der Waals surface area contributed by atoms with Gasteiger partial charge in [0.05, 0.1) is 26.4 Å². The number of rotatable bonds is 16. The van der Waals surface area contributed by atoms with Crippen molar-refractivity contribution >= 4 is 16.7 Å². The molecule has 3 aromatic carbocycles. The lowest BCUT2D eigenvalue weighted by Gasteiger charge is -2.13. The molecule has 7 heteroatoms. The number of fused-ring (bicyclic) bond motifs is 1. The monoisotopic (exact) mass is 480 g/mol. The molecule has 7 nitrogen and oxygen atoms in total. The van der Waals surface area contributed by atoms with Crippen LogP contribution in [0.3, 0.4) is 0 Å². The van der Waals surface area contributed by atoms with Crippen LogP contribution in [0.4, 0.5) is 0 Å². The summed E-state index contributed by atoms with van der Waals surface area (Å²) in [5.74, 6) is 1.97. The van der Waals surface area contributed by atoms with Gasteiger partial charge >= 0.3 is 5.97 Å². The molecule has 0 spiro atoms. The summed E-state index contributed by atoms with van der Waals surface area (Å²) in [6.07, 6.45) is 0. The molecule has 0 unspecified atom stereocenters. The van der Waals surface area contributed by atoms with Crippen molar-refractivity contribution in [1.29, 1.82) is 0 Å². The summed E-state index contributed by atoms with van der Waals surface area (Å²) < 4.78 is 33.5. The lowest BCUT2D eigenvalue weighted by molar-refractivity contribution is -0.140. The Bertz CT molecular complexity index is 1070. The van der Waals surface area contributed by atoms with Crippen molar-refractivity contribution in [3.8, 4) is 17.2 Å². The molecule has 0 radical (unpaired) electrons. The van der Waals surface area contributed by atoms with E-state index in [1.54, 1.807) is 6.92 Å². The number of hydrogen-bond donors (Lipinski definition) is 0. The fourth-order valence-electron chi connectivity index (χ4n) is 3.18. The number of carbonyl (C=O) groups is 1. The van der Waals surface area contributed by atoms with Gasteiger partial charge in [-0.2, -0.15) is 0 Å². The zero-order valence-corrected chi connectivity index (χ0v) is 20.1. The summed E-state index contributed by atoms with van der Waals surface area (Å²) in [5, 5.41) is 1.95. The Hall–Kier alpha value is -3.55.